The fourth-order valence-corrected chi connectivity index (χ4v) is 3.66. The molecule has 1 atom stereocenters. The summed E-state index contributed by atoms with van der Waals surface area (Å²) in [7, 11) is 0. The molecule has 0 aromatic heterocycles. The van der Waals surface area contributed by atoms with Crippen molar-refractivity contribution in [2.75, 3.05) is 0 Å². The van der Waals surface area contributed by atoms with Crippen molar-refractivity contribution in [3.8, 4) is 11.5 Å². The third kappa shape index (κ3) is 3.52. The van der Waals surface area contributed by atoms with Gasteiger partial charge >= 0.3 is 6.03 Å². The van der Waals surface area contributed by atoms with Gasteiger partial charge in [-0.05, 0) is 42.3 Å². The Morgan fingerprint density at radius 2 is 1.60 bits per heavy atom. The number of para-hydroxylation sites is 2. The predicted molar refractivity (Wildman–Crippen MR) is 110 cm³/mol. The first-order chi connectivity index (χ1) is 14.5. The van der Waals surface area contributed by atoms with E-state index >= 15 is 0 Å². The van der Waals surface area contributed by atoms with E-state index in [1.54, 1.807) is 6.07 Å². The van der Waals surface area contributed by atoms with Crippen LogP contribution in [0.5, 0.6) is 11.5 Å². The number of halogens is 1. The van der Waals surface area contributed by atoms with Crippen LogP contribution in [0.3, 0.4) is 0 Å². The highest BCUT2D eigenvalue weighted by Gasteiger charge is 2.51. The average molecular weight is 404 g/mol. The van der Waals surface area contributed by atoms with Gasteiger partial charge in [-0.25, -0.2) is 9.18 Å². The Morgan fingerprint density at radius 1 is 0.933 bits per heavy atom. The third-order valence-corrected chi connectivity index (χ3v) is 5.32. The number of imide groups is 1. The minimum Gasteiger partial charge on any atom is -0.457 e. The summed E-state index contributed by atoms with van der Waals surface area (Å²) in [6.45, 7) is 1.88. The number of hydrogen-bond acceptors (Lipinski definition) is 3. The van der Waals surface area contributed by atoms with Gasteiger partial charge in [0.05, 0.1) is 6.54 Å². The van der Waals surface area contributed by atoms with Gasteiger partial charge in [-0.2, -0.15) is 0 Å². The fourth-order valence-electron chi connectivity index (χ4n) is 3.66. The third-order valence-electron chi connectivity index (χ3n) is 5.32. The molecule has 0 aliphatic carbocycles. The van der Waals surface area contributed by atoms with Crippen LogP contribution in [-0.4, -0.2) is 16.8 Å². The highest BCUT2D eigenvalue weighted by atomic mass is 19.1. The Hall–Kier alpha value is -3.67. The van der Waals surface area contributed by atoms with E-state index in [0.717, 1.165) is 0 Å². The summed E-state index contributed by atoms with van der Waals surface area (Å²) in [5, 5.41) is 2.82. The molecule has 0 radical (unpaired) electrons. The lowest BCUT2D eigenvalue weighted by Gasteiger charge is -2.26. The maximum atomic E-state index is 13.4. The fraction of sp³-hybridized carbons (Fsp3) is 0.167. The maximum Gasteiger partial charge on any atom is 0.325 e. The zero-order valence-corrected chi connectivity index (χ0v) is 16.5. The minimum absolute atomic E-state index is 0.0661. The summed E-state index contributed by atoms with van der Waals surface area (Å²) in [6, 6.07) is 21.8. The first-order valence-electron chi connectivity index (χ1n) is 9.74. The Kier molecular flexibility index (Phi) is 5.23. The van der Waals surface area contributed by atoms with Crippen molar-refractivity contribution in [2.45, 2.75) is 25.4 Å². The van der Waals surface area contributed by atoms with Crippen molar-refractivity contribution in [3.63, 3.8) is 0 Å². The van der Waals surface area contributed by atoms with Gasteiger partial charge in [-0.15, -0.1) is 0 Å². The molecule has 1 aliphatic heterocycles. The molecule has 5 nitrogen and oxygen atoms in total. The van der Waals surface area contributed by atoms with Crippen LogP contribution in [0.4, 0.5) is 9.18 Å². The molecule has 1 aliphatic rings. The number of carbonyl (C=O) groups is 2. The maximum absolute atomic E-state index is 13.4. The van der Waals surface area contributed by atoms with Crippen LogP contribution < -0.4 is 10.1 Å². The summed E-state index contributed by atoms with van der Waals surface area (Å²) in [4.78, 5) is 27.3. The van der Waals surface area contributed by atoms with E-state index in [4.69, 9.17) is 4.74 Å². The molecule has 3 amide bonds. The first kappa shape index (κ1) is 19.6. The van der Waals surface area contributed by atoms with Crippen LogP contribution in [0.2, 0.25) is 0 Å². The highest BCUT2D eigenvalue weighted by Crippen LogP contribution is 2.34. The number of ether oxygens (including phenoxy) is 1. The molecule has 1 saturated heterocycles. The van der Waals surface area contributed by atoms with E-state index in [2.05, 4.69) is 5.32 Å². The van der Waals surface area contributed by atoms with Crippen molar-refractivity contribution in [3.05, 3.63) is 95.8 Å². The van der Waals surface area contributed by atoms with E-state index in [1.807, 2.05) is 55.5 Å². The number of rotatable bonds is 6. The second-order valence-electron chi connectivity index (χ2n) is 7.11. The van der Waals surface area contributed by atoms with Gasteiger partial charge in [-0.3, -0.25) is 9.69 Å². The summed E-state index contributed by atoms with van der Waals surface area (Å²) >= 11 is 0. The minimum atomic E-state index is -1.21. The molecule has 0 bridgehead atoms. The summed E-state index contributed by atoms with van der Waals surface area (Å²) in [5.41, 5.74) is 0.0527. The smallest absolute Gasteiger partial charge is 0.325 e. The molecule has 3 aromatic carbocycles. The SMILES string of the molecule is CC[C@]1(c2ccc(F)cc2)NC(=O)N(Cc2ccccc2Oc2ccccc2)C1=O. The molecule has 152 valence electrons. The quantitative estimate of drug-likeness (QED) is 0.590. The largest absolute Gasteiger partial charge is 0.457 e. The van der Waals surface area contributed by atoms with Crippen LogP contribution in [0.15, 0.2) is 78.9 Å². The Bertz CT molecular complexity index is 1070. The Morgan fingerprint density at radius 3 is 2.30 bits per heavy atom. The second-order valence-corrected chi connectivity index (χ2v) is 7.11. The molecule has 30 heavy (non-hydrogen) atoms. The zero-order valence-electron chi connectivity index (χ0n) is 16.5. The standard InChI is InChI=1S/C24H21FN2O3/c1-2-24(18-12-14-19(25)15-13-18)22(28)27(23(29)26-24)16-17-8-6-7-11-21(17)30-20-9-4-3-5-10-20/h3-15H,2,16H2,1H3,(H,26,29)/t24-/m1/s1. The van der Waals surface area contributed by atoms with E-state index in [1.165, 1.54) is 29.2 Å². The van der Waals surface area contributed by atoms with E-state index in [0.29, 0.717) is 29.0 Å². The molecule has 6 heteroatoms. The van der Waals surface area contributed by atoms with Crippen LogP contribution >= 0.6 is 0 Å². The van der Waals surface area contributed by atoms with Gasteiger partial charge < -0.3 is 10.1 Å². The molecule has 1 fully saturated rings. The Balaban J connectivity index is 1.62. The van der Waals surface area contributed by atoms with Gasteiger partial charge in [0.25, 0.3) is 5.91 Å². The number of nitrogens with one attached hydrogen (secondary N) is 1. The van der Waals surface area contributed by atoms with Gasteiger partial charge in [0, 0.05) is 5.56 Å². The molecular weight excluding hydrogens is 383 g/mol. The van der Waals surface area contributed by atoms with Crippen LogP contribution in [0.25, 0.3) is 0 Å². The first-order valence-corrected chi connectivity index (χ1v) is 9.74. The van der Waals surface area contributed by atoms with E-state index in [-0.39, 0.29) is 12.5 Å². The predicted octanol–water partition coefficient (Wildman–Crippen LogP) is 4.98. The van der Waals surface area contributed by atoms with Crippen molar-refractivity contribution < 1.29 is 18.7 Å². The van der Waals surface area contributed by atoms with Crippen LogP contribution in [0.1, 0.15) is 24.5 Å². The molecule has 0 saturated carbocycles. The highest BCUT2D eigenvalue weighted by molar-refractivity contribution is 6.07. The lowest BCUT2D eigenvalue weighted by Crippen LogP contribution is -2.43. The second kappa shape index (κ2) is 7.99. The van der Waals surface area contributed by atoms with Crippen molar-refractivity contribution >= 4 is 11.9 Å². The summed E-state index contributed by atoms with van der Waals surface area (Å²) in [6.07, 6.45) is 0.349. The van der Waals surface area contributed by atoms with Crippen molar-refractivity contribution in [2.24, 2.45) is 0 Å². The van der Waals surface area contributed by atoms with Crippen LogP contribution in [0, 0.1) is 5.82 Å². The van der Waals surface area contributed by atoms with Crippen molar-refractivity contribution in [1.29, 1.82) is 0 Å². The Labute approximate surface area is 174 Å². The molecule has 0 unspecified atom stereocenters. The van der Waals surface area contributed by atoms with Crippen molar-refractivity contribution in [1.82, 2.24) is 10.2 Å². The van der Waals surface area contributed by atoms with Crippen LogP contribution in [-0.2, 0) is 16.9 Å². The topological polar surface area (TPSA) is 58.6 Å². The zero-order chi connectivity index (χ0) is 21.1. The monoisotopic (exact) mass is 404 g/mol. The van der Waals surface area contributed by atoms with E-state index in [9.17, 15) is 14.0 Å². The number of nitrogens with zero attached hydrogens (tertiary/aromatic N) is 1. The number of amides is 3. The summed E-state index contributed by atoms with van der Waals surface area (Å²) < 4.78 is 19.3. The number of benzene rings is 3. The molecule has 0 spiro atoms. The molecule has 3 aromatic rings. The summed E-state index contributed by atoms with van der Waals surface area (Å²) in [5.74, 6) is 0.471. The molecular formula is C24H21FN2O3. The number of carbonyl (C=O) groups excluding carboxylic acids is 2. The number of urea groups is 1. The lowest BCUT2D eigenvalue weighted by molar-refractivity contribution is -0.132. The molecule has 1 heterocycles. The molecule has 1 N–H and O–H groups in total. The number of hydrogen-bond donors (Lipinski definition) is 1. The van der Waals surface area contributed by atoms with Gasteiger partial charge in [-0.1, -0.05) is 55.5 Å². The van der Waals surface area contributed by atoms with Gasteiger partial charge in [0.2, 0.25) is 0 Å². The lowest BCUT2D eigenvalue weighted by atomic mass is 9.87. The normalized spacial score (nSPS) is 18.4. The molecule has 4 rings (SSSR count). The van der Waals surface area contributed by atoms with Gasteiger partial charge in [0.1, 0.15) is 22.9 Å². The average Bonchev–Trinajstić information content (AvgIpc) is 3.01. The van der Waals surface area contributed by atoms with Gasteiger partial charge in [0.15, 0.2) is 0 Å². The van der Waals surface area contributed by atoms with E-state index < -0.39 is 17.4 Å².